The van der Waals surface area contributed by atoms with Crippen LogP contribution in [0.2, 0.25) is 0 Å². The molecular weight excluding hydrogens is 496 g/mol. The Morgan fingerprint density at radius 3 is 2.56 bits per heavy atom. The molecule has 2 bridgehead atoms. The van der Waals surface area contributed by atoms with Gasteiger partial charge < -0.3 is 24.4 Å². The maximum absolute atomic E-state index is 14.3. The number of ether oxygens (including phenoxy) is 2. The lowest BCUT2D eigenvalue weighted by Crippen LogP contribution is -2.56. The van der Waals surface area contributed by atoms with Crippen LogP contribution in [0.5, 0.6) is 0 Å². The zero-order valence-electron chi connectivity index (χ0n) is 24.4. The maximum Gasteiger partial charge on any atom is 0.312 e. The number of allylic oxidation sites excluding steroid dienone is 1. The summed E-state index contributed by atoms with van der Waals surface area (Å²) >= 11 is 0. The minimum Gasteiger partial charge on any atom is -0.465 e. The standard InChI is InChI=1S/C31H50N2O6/c1-6-9-13-18-32(17-8-3)28(36)26-31-22-23(4)30(5,39-31)25(29(37)38-21-16-10-7-2)24(31)27(35)33(26)19-14-11-12-15-20-34/h7-8,23-26,34H,2-3,6,9-22H2,1,4-5H3/t23?,24-,25+,26?,30-,31?/m0/s1. The molecule has 0 radical (unpaired) electrons. The molecule has 220 valence electrons. The van der Waals surface area contributed by atoms with E-state index in [0.717, 1.165) is 44.9 Å². The predicted octanol–water partition coefficient (Wildman–Crippen LogP) is 4.26. The van der Waals surface area contributed by atoms with E-state index in [1.165, 1.54) is 0 Å². The monoisotopic (exact) mass is 546 g/mol. The molecule has 0 saturated carbocycles. The van der Waals surface area contributed by atoms with E-state index in [2.05, 4.69) is 27.0 Å². The highest BCUT2D eigenvalue weighted by Crippen LogP contribution is 2.65. The predicted molar refractivity (Wildman–Crippen MR) is 151 cm³/mol. The molecule has 6 atom stereocenters. The zero-order valence-corrected chi connectivity index (χ0v) is 24.4. The van der Waals surface area contributed by atoms with Crippen molar-refractivity contribution in [1.29, 1.82) is 0 Å². The summed E-state index contributed by atoms with van der Waals surface area (Å²) in [6, 6.07) is -0.780. The van der Waals surface area contributed by atoms with Crippen LogP contribution in [-0.2, 0) is 23.9 Å². The van der Waals surface area contributed by atoms with Gasteiger partial charge in [0.05, 0.1) is 18.1 Å². The minimum absolute atomic E-state index is 0.0139. The van der Waals surface area contributed by atoms with E-state index in [1.807, 2.05) is 6.92 Å². The number of carbonyl (C=O) groups is 3. The molecule has 3 saturated heterocycles. The lowest BCUT2D eigenvalue weighted by atomic mass is 9.62. The van der Waals surface area contributed by atoms with E-state index in [4.69, 9.17) is 14.6 Å². The van der Waals surface area contributed by atoms with Crippen LogP contribution in [0.15, 0.2) is 25.3 Å². The number of amides is 2. The van der Waals surface area contributed by atoms with Gasteiger partial charge in [0.1, 0.15) is 17.6 Å². The number of fused-ring (bicyclic) bond motifs is 1. The van der Waals surface area contributed by atoms with Gasteiger partial charge in [-0.3, -0.25) is 14.4 Å². The number of aliphatic hydroxyl groups excluding tert-OH is 1. The van der Waals surface area contributed by atoms with Crippen molar-refractivity contribution in [3.63, 3.8) is 0 Å². The Morgan fingerprint density at radius 1 is 1.15 bits per heavy atom. The van der Waals surface area contributed by atoms with E-state index in [0.29, 0.717) is 38.9 Å². The second kappa shape index (κ2) is 13.9. The quantitative estimate of drug-likeness (QED) is 0.157. The zero-order chi connectivity index (χ0) is 28.6. The summed E-state index contributed by atoms with van der Waals surface area (Å²) < 4.78 is 12.5. The molecule has 8 heteroatoms. The molecule has 3 aliphatic rings. The van der Waals surface area contributed by atoms with Gasteiger partial charge in [-0.05, 0) is 51.4 Å². The number of unbranched alkanes of at least 4 members (excludes halogenated alkanes) is 6. The van der Waals surface area contributed by atoms with Crippen LogP contribution >= 0.6 is 0 Å². The number of hydrogen-bond donors (Lipinski definition) is 1. The maximum atomic E-state index is 14.3. The molecule has 8 nitrogen and oxygen atoms in total. The normalized spacial score (nSPS) is 30.9. The fraction of sp³-hybridized carbons (Fsp3) is 0.774. The molecule has 1 N–H and O–H groups in total. The Labute approximate surface area is 234 Å². The van der Waals surface area contributed by atoms with Crippen LogP contribution in [0.25, 0.3) is 0 Å². The van der Waals surface area contributed by atoms with Gasteiger partial charge in [0, 0.05) is 26.2 Å². The fourth-order valence-electron chi connectivity index (χ4n) is 7.03. The van der Waals surface area contributed by atoms with Crippen LogP contribution in [0.3, 0.4) is 0 Å². The van der Waals surface area contributed by atoms with Gasteiger partial charge in [-0.2, -0.15) is 0 Å². The molecule has 3 fully saturated rings. The molecule has 3 aliphatic heterocycles. The number of rotatable bonds is 18. The van der Waals surface area contributed by atoms with Gasteiger partial charge in [0.25, 0.3) is 0 Å². The van der Waals surface area contributed by atoms with Crippen molar-refractivity contribution in [1.82, 2.24) is 9.80 Å². The lowest BCUT2D eigenvalue weighted by Gasteiger charge is -2.37. The van der Waals surface area contributed by atoms with E-state index in [1.54, 1.807) is 22.0 Å². The number of likely N-dealkylation sites (tertiary alicyclic amines) is 1. The largest absolute Gasteiger partial charge is 0.465 e. The van der Waals surface area contributed by atoms with E-state index < -0.39 is 35.0 Å². The van der Waals surface area contributed by atoms with Crippen LogP contribution in [0.4, 0.5) is 0 Å². The molecular formula is C31H50N2O6. The van der Waals surface area contributed by atoms with Crippen molar-refractivity contribution in [3.8, 4) is 0 Å². The van der Waals surface area contributed by atoms with Crippen molar-refractivity contribution in [2.45, 2.75) is 102 Å². The summed E-state index contributed by atoms with van der Waals surface area (Å²) in [6.45, 7) is 15.5. The first-order chi connectivity index (χ1) is 18.7. The number of carbonyl (C=O) groups excluding carboxylic acids is 3. The fourth-order valence-corrected chi connectivity index (χ4v) is 7.03. The van der Waals surface area contributed by atoms with E-state index in [-0.39, 0.29) is 30.9 Å². The Morgan fingerprint density at radius 2 is 1.90 bits per heavy atom. The number of esters is 1. The molecule has 3 rings (SSSR count). The first kappa shape index (κ1) is 31.3. The molecule has 2 amide bonds. The Hall–Kier alpha value is -2.19. The van der Waals surface area contributed by atoms with Gasteiger partial charge in [-0.1, -0.05) is 51.7 Å². The number of nitrogens with zero attached hydrogens (tertiary/aromatic N) is 2. The molecule has 3 heterocycles. The summed E-state index contributed by atoms with van der Waals surface area (Å²) in [6.07, 6.45) is 11.6. The first-order valence-corrected chi connectivity index (χ1v) is 15.0. The van der Waals surface area contributed by atoms with Gasteiger partial charge in [0.2, 0.25) is 11.8 Å². The van der Waals surface area contributed by atoms with Crippen LogP contribution in [0.1, 0.15) is 85.0 Å². The number of aliphatic hydroxyl groups is 1. The van der Waals surface area contributed by atoms with E-state index in [9.17, 15) is 14.4 Å². The SMILES string of the molecule is C=CCCCOC(=O)[C@H]1[C@H]2C(=O)N(CCCCCCO)C(C(=O)N(CC=C)CCCCC)C23CC(C)[C@]1(C)O3. The highest BCUT2D eigenvalue weighted by atomic mass is 16.6. The summed E-state index contributed by atoms with van der Waals surface area (Å²) in [4.78, 5) is 45.5. The van der Waals surface area contributed by atoms with Crippen molar-refractivity contribution < 1.29 is 29.0 Å². The van der Waals surface area contributed by atoms with Crippen LogP contribution in [0, 0.1) is 17.8 Å². The van der Waals surface area contributed by atoms with Gasteiger partial charge in [0.15, 0.2) is 0 Å². The Kier molecular flexibility index (Phi) is 11.2. The smallest absolute Gasteiger partial charge is 0.312 e. The molecule has 1 spiro atoms. The molecule has 0 aromatic carbocycles. The summed E-state index contributed by atoms with van der Waals surface area (Å²) in [5, 5.41) is 9.15. The molecule has 0 aromatic rings. The molecule has 39 heavy (non-hydrogen) atoms. The first-order valence-electron chi connectivity index (χ1n) is 15.0. The van der Waals surface area contributed by atoms with Crippen LogP contribution in [-0.4, -0.2) is 82.8 Å². The Bertz CT molecular complexity index is 892. The van der Waals surface area contributed by atoms with Crippen molar-refractivity contribution >= 4 is 17.8 Å². The highest BCUT2D eigenvalue weighted by Gasteiger charge is 2.80. The summed E-state index contributed by atoms with van der Waals surface area (Å²) in [5.41, 5.74) is -1.92. The number of hydrogen-bond acceptors (Lipinski definition) is 6. The minimum atomic E-state index is -1.05. The highest BCUT2D eigenvalue weighted by molar-refractivity contribution is 5.98. The van der Waals surface area contributed by atoms with Crippen molar-refractivity contribution in [2.75, 3.05) is 32.8 Å². The lowest BCUT2D eigenvalue weighted by molar-refractivity contribution is -0.162. The van der Waals surface area contributed by atoms with E-state index >= 15 is 0 Å². The molecule has 0 aliphatic carbocycles. The Balaban J connectivity index is 1.95. The van der Waals surface area contributed by atoms with Gasteiger partial charge >= 0.3 is 5.97 Å². The third-order valence-electron chi connectivity index (χ3n) is 9.10. The van der Waals surface area contributed by atoms with Gasteiger partial charge in [-0.15, -0.1) is 13.2 Å². The molecule has 0 aromatic heterocycles. The van der Waals surface area contributed by atoms with Crippen molar-refractivity contribution in [3.05, 3.63) is 25.3 Å². The van der Waals surface area contributed by atoms with Crippen LogP contribution < -0.4 is 0 Å². The summed E-state index contributed by atoms with van der Waals surface area (Å²) in [5.74, 6) is -2.20. The second-order valence-corrected chi connectivity index (χ2v) is 11.8. The summed E-state index contributed by atoms with van der Waals surface area (Å²) in [7, 11) is 0. The molecule has 3 unspecified atom stereocenters. The third kappa shape index (κ3) is 6.12. The van der Waals surface area contributed by atoms with Gasteiger partial charge in [-0.25, -0.2) is 0 Å². The topological polar surface area (TPSA) is 96.4 Å². The third-order valence-corrected chi connectivity index (χ3v) is 9.10. The average molecular weight is 547 g/mol. The average Bonchev–Trinajstić information content (AvgIpc) is 3.42. The van der Waals surface area contributed by atoms with Crippen molar-refractivity contribution in [2.24, 2.45) is 17.8 Å². The second-order valence-electron chi connectivity index (χ2n) is 11.8.